The van der Waals surface area contributed by atoms with Gasteiger partial charge in [0.05, 0.1) is 17.4 Å². The Morgan fingerprint density at radius 1 is 1.21 bits per heavy atom. The van der Waals surface area contributed by atoms with E-state index >= 15 is 0 Å². The molecule has 0 aliphatic carbocycles. The Balaban J connectivity index is 2.05. The van der Waals surface area contributed by atoms with Crippen molar-refractivity contribution in [2.45, 2.75) is 38.1 Å². The zero-order valence-electron chi connectivity index (χ0n) is 10.9. The normalized spacial score (nSPS) is 30.2. The Morgan fingerprint density at radius 2 is 1.95 bits per heavy atom. The molecule has 0 bridgehead atoms. The lowest BCUT2D eigenvalue weighted by Crippen LogP contribution is -2.48. The van der Waals surface area contributed by atoms with E-state index in [1.165, 1.54) is 0 Å². The number of likely N-dealkylation sites (tertiary alicyclic amines) is 1. The molecule has 108 valence electrons. The van der Waals surface area contributed by atoms with E-state index in [2.05, 4.69) is 0 Å². The molecule has 2 fully saturated rings. The quantitative estimate of drug-likeness (QED) is 0.769. The first-order valence-corrected chi connectivity index (χ1v) is 8.50. The highest BCUT2D eigenvalue weighted by atomic mass is 32.2. The number of piperidine rings is 1. The van der Waals surface area contributed by atoms with Crippen molar-refractivity contribution in [3.05, 3.63) is 0 Å². The number of carbonyl (C=O) groups is 2. The van der Waals surface area contributed by atoms with Crippen molar-refractivity contribution in [2.24, 2.45) is 11.7 Å². The van der Waals surface area contributed by atoms with Gasteiger partial charge in [-0.25, -0.2) is 8.42 Å². The number of carbonyl (C=O) groups excluding carboxylic acids is 2. The topological polar surface area (TPSA) is 97.5 Å². The van der Waals surface area contributed by atoms with Crippen LogP contribution in [-0.4, -0.2) is 49.2 Å². The van der Waals surface area contributed by atoms with Gasteiger partial charge in [-0.05, 0) is 25.7 Å². The molecule has 2 rings (SSSR count). The van der Waals surface area contributed by atoms with Crippen LogP contribution >= 0.6 is 0 Å². The molecule has 6 nitrogen and oxygen atoms in total. The number of nitrogens with two attached hydrogens (primary N) is 1. The number of sulfone groups is 1. The second-order valence-corrected chi connectivity index (χ2v) is 7.68. The summed E-state index contributed by atoms with van der Waals surface area (Å²) in [4.78, 5) is 25.1. The minimum absolute atomic E-state index is 0.0500. The molecule has 2 aliphatic heterocycles. The SMILES string of the molecule is NC(=O)C[C@@H]1CCCCN1C(=O)[C@H]1CCS(=O)(=O)C1. The van der Waals surface area contributed by atoms with E-state index in [9.17, 15) is 18.0 Å². The van der Waals surface area contributed by atoms with E-state index in [1.54, 1.807) is 4.90 Å². The third-order valence-electron chi connectivity index (χ3n) is 3.93. The molecule has 2 amide bonds. The van der Waals surface area contributed by atoms with Crippen LogP contribution in [0.2, 0.25) is 0 Å². The molecule has 0 unspecified atom stereocenters. The monoisotopic (exact) mass is 288 g/mol. The second-order valence-electron chi connectivity index (χ2n) is 5.45. The van der Waals surface area contributed by atoms with Gasteiger partial charge < -0.3 is 10.6 Å². The number of hydrogen-bond acceptors (Lipinski definition) is 4. The van der Waals surface area contributed by atoms with Crippen molar-refractivity contribution in [1.29, 1.82) is 0 Å². The van der Waals surface area contributed by atoms with Crippen molar-refractivity contribution in [1.82, 2.24) is 4.90 Å². The van der Waals surface area contributed by atoms with Crippen LogP contribution in [0.4, 0.5) is 0 Å². The van der Waals surface area contributed by atoms with Gasteiger partial charge in [0, 0.05) is 19.0 Å². The van der Waals surface area contributed by atoms with Gasteiger partial charge in [-0.2, -0.15) is 0 Å². The largest absolute Gasteiger partial charge is 0.370 e. The summed E-state index contributed by atoms with van der Waals surface area (Å²) >= 11 is 0. The van der Waals surface area contributed by atoms with Crippen molar-refractivity contribution < 1.29 is 18.0 Å². The fourth-order valence-electron chi connectivity index (χ4n) is 2.96. The first-order chi connectivity index (χ1) is 8.89. The highest BCUT2D eigenvalue weighted by Crippen LogP contribution is 2.26. The summed E-state index contributed by atoms with van der Waals surface area (Å²) in [5, 5.41) is 0. The smallest absolute Gasteiger partial charge is 0.227 e. The lowest BCUT2D eigenvalue weighted by molar-refractivity contribution is -0.139. The Labute approximate surface area is 113 Å². The molecule has 0 saturated carbocycles. The van der Waals surface area contributed by atoms with Crippen LogP contribution in [0.25, 0.3) is 0 Å². The van der Waals surface area contributed by atoms with Crippen LogP contribution in [-0.2, 0) is 19.4 Å². The molecule has 0 aromatic heterocycles. The third-order valence-corrected chi connectivity index (χ3v) is 5.70. The molecular weight excluding hydrogens is 268 g/mol. The number of amides is 2. The molecule has 0 aromatic rings. The zero-order chi connectivity index (χ0) is 14.0. The van der Waals surface area contributed by atoms with Crippen molar-refractivity contribution >= 4 is 21.7 Å². The highest BCUT2D eigenvalue weighted by molar-refractivity contribution is 7.91. The summed E-state index contributed by atoms with van der Waals surface area (Å²) in [6, 6.07) is -0.151. The lowest BCUT2D eigenvalue weighted by Gasteiger charge is -2.36. The van der Waals surface area contributed by atoms with E-state index in [-0.39, 0.29) is 29.9 Å². The summed E-state index contributed by atoms with van der Waals surface area (Å²) in [6.07, 6.45) is 3.23. The van der Waals surface area contributed by atoms with Crippen LogP contribution in [0.5, 0.6) is 0 Å². The standard InChI is InChI=1S/C12H20N2O4S/c13-11(15)7-10-3-1-2-5-14(10)12(16)9-4-6-19(17,18)8-9/h9-10H,1-8H2,(H2,13,15)/t9-,10-/m0/s1. The predicted octanol–water partition coefficient (Wildman–Crippen LogP) is -0.322. The van der Waals surface area contributed by atoms with Gasteiger partial charge in [-0.3, -0.25) is 9.59 Å². The first-order valence-electron chi connectivity index (χ1n) is 6.68. The summed E-state index contributed by atoms with van der Waals surface area (Å²) in [5.41, 5.74) is 5.21. The highest BCUT2D eigenvalue weighted by Gasteiger charge is 2.38. The van der Waals surface area contributed by atoms with Crippen LogP contribution in [0.3, 0.4) is 0 Å². The molecule has 0 radical (unpaired) electrons. The van der Waals surface area contributed by atoms with Gasteiger partial charge in [-0.15, -0.1) is 0 Å². The Bertz CT molecular complexity index is 474. The van der Waals surface area contributed by atoms with E-state index in [0.29, 0.717) is 13.0 Å². The number of hydrogen-bond donors (Lipinski definition) is 1. The minimum atomic E-state index is -3.06. The van der Waals surface area contributed by atoms with Crippen molar-refractivity contribution in [3.63, 3.8) is 0 Å². The molecule has 2 aliphatic rings. The lowest BCUT2D eigenvalue weighted by atomic mass is 9.96. The molecule has 19 heavy (non-hydrogen) atoms. The fraction of sp³-hybridized carbons (Fsp3) is 0.833. The Morgan fingerprint density at radius 3 is 2.53 bits per heavy atom. The summed E-state index contributed by atoms with van der Waals surface area (Å²) < 4.78 is 22.9. The van der Waals surface area contributed by atoms with Gasteiger partial charge in [-0.1, -0.05) is 0 Å². The van der Waals surface area contributed by atoms with Crippen LogP contribution in [0.15, 0.2) is 0 Å². The number of rotatable bonds is 3. The maximum atomic E-state index is 12.4. The first kappa shape index (κ1) is 14.3. The van der Waals surface area contributed by atoms with Crippen molar-refractivity contribution in [3.8, 4) is 0 Å². The van der Waals surface area contributed by atoms with Gasteiger partial charge in [0.1, 0.15) is 0 Å². The molecule has 2 heterocycles. The van der Waals surface area contributed by atoms with E-state index < -0.39 is 21.7 Å². The second kappa shape index (κ2) is 5.48. The molecule has 7 heteroatoms. The summed E-state index contributed by atoms with van der Waals surface area (Å²) in [7, 11) is -3.06. The minimum Gasteiger partial charge on any atom is -0.370 e. The Kier molecular flexibility index (Phi) is 4.13. The van der Waals surface area contributed by atoms with Gasteiger partial charge in [0.2, 0.25) is 11.8 Å². The predicted molar refractivity (Wildman–Crippen MR) is 69.9 cm³/mol. The van der Waals surface area contributed by atoms with Gasteiger partial charge in [0.25, 0.3) is 0 Å². The number of nitrogens with zero attached hydrogens (tertiary/aromatic N) is 1. The fourth-order valence-corrected chi connectivity index (χ4v) is 4.69. The Hall–Kier alpha value is -1.11. The van der Waals surface area contributed by atoms with Crippen LogP contribution in [0, 0.1) is 5.92 Å². The van der Waals surface area contributed by atoms with E-state index in [0.717, 1.165) is 19.3 Å². The van der Waals surface area contributed by atoms with E-state index in [1.807, 2.05) is 0 Å². The van der Waals surface area contributed by atoms with Crippen LogP contribution < -0.4 is 5.73 Å². The summed E-state index contributed by atoms with van der Waals surface area (Å²) in [5.74, 6) is -0.919. The molecule has 0 aromatic carbocycles. The number of primary amides is 1. The molecular formula is C12H20N2O4S. The zero-order valence-corrected chi connectivity index (χ0v) is 11.7. The van der Waals surface area contributed by atoms with Gasteiger partial charge >= 0.3 is 0 Å². The average molecular weight is 288 g/mol. The molecule has 2 atom stereocenters. The van der Waals surface area contributed by atoms with E-state index in [4.69, 9.17) is 5.73 Å². The molecule has 2 saturated heterocycles. The maximum Gasteiger partial charge on any atom is 0.227 e. The third kappa shape index (κ3) is 3.46. The van der Waals surface area contributed by atoms with Gasteiger partial charge in [0.15, 0.2) is 9.84 Å². The maximum absolute atomic E-state index is 12.4. The van der Waals surface area contributed by atoms with Crippen LogP contribution in [0.1, 0.15) is 32.1 Å². The average Bonchev–Trinajstić information content (AvgIpc) is 2.69. The molecule has 0 spiro atoms. The summed E-state index contributed by atoms with van der Waals surface area (Å²) in [6.45, 7) is 0.604. The molecule has 2 N–H and O–H groups in total. The van der Waals surface area contributed by atoms with Crippen molar-refractivity contribution in [2.75, 3.05) is 18.1 Å².